The smallest absolute Gasteiger partial charge is 0.342 e. The van der Waals surface area contributed by atoms with Gasteiger partial charge in [0, 0.05) is 16.2 Å². The second-order valence-electron chi connectivity index (χ2n) is 8.35. The van der Waals surface area contributed by atoms with E-state index in [0.29, 0.717) is 45.4 Å². The minimum Gasteiger partial charge on any atom is -0.462 e. The number of hydrogen-bond donors (Lipinski definition) is 1. The van der Waals surface area contributed by atoms with Gasteiger partial charge in [-0.05, 0) is 31.5 Å². The van der Waals surface area contributed by atoms with Crippen molar-refractivity contribution in [3.05, 3.63) is 72.0 Å². The Labute approximate surface area is 200 Å². The number of rotatable bonds is 10. The number of benzene rings is 3. The van der Waals surface area contributed by atoms with Crippen LogP contribution in [0.2, 0.25) is 0 Å². The molecule has 178 valence electrons. The molecule has 0 aliphatic rings. The van der Waals surface area contributed by atoms with Gasteiger partial charge in [-0.1, -0.05) is 75.1 Å². The summed E-state index contributed by atoms with van der Waals surface area (Å²) in [5.74, 6) is -0.0157. The average molecular weight is 480 g/mol. The van der Waals surface area contributed by atoms with E-state index in [9.17, 15) is 13.2 Å². The molecule has 0 atom stereocenters. The lowest BCUT2D eigenvalue weighted by Gasteiger charge is -2.12. The van der Waals surface area contributed by atoms with Crippen LogP contribution >= 0.6 is 0 Å². The standard InChI is InChI=1S/C27H29NO5S/c1-3-4-5-6-12-17-32-27(29)25-19(2)33-26-22-16-11-10-15-21(22)24(18-23(25)26)28-34(30,31)20-13-8-7-9-14-20/h7-11,13-16,18,28H,3-6,12,17H2,1-2H3. The van der Waals surface area contributed by atoms with E-state index in [2.05, 4.69) is 11.6 Å². The SMILES string of the molecule is CCCCCCCOC(=O)c1c(C)oc2c1cc(NS(=O)(=O)c1ccccc1)c1ccccc12. The summed E-state index contributed by atoms with van der Waals surface area (Å²) in [6.45, 7) is 4.22. The molecule has 3 aromatic carbocycles. The molecular formula is C27H29NO5S. The molecule has 0 bridgehead atoms. The minimum absolute atomic E-state index is 0.158. The van der Waals surface area contributed by atoms with Gasteiger partial charge in [0.05, 0.1) is 17.2 Å². The number of aryl methyl sites for hydroxylation is 1. The van der Waals surface area contributed by atoms with Gasteiger partial charge < -0.3 is 9.15 Å². The van der Waals surface area contributed by atoms with E-state index in [-0.39, 0.29) is 4.90 Å². The first kappa shape index (κ1) is 23.8. The Hall–Kier alpha value is -3.32. The molecule has 0 unspecified atom stereocenters. The lowest BCUT2D eigenvalue weighted by Crippen LogP contribution is -2.13. The van der Waals surface area contributed by atoms with E-state index < -0.39 is 16.0 Å². The number of esters is 1. The molecular weight excluding hydrogens is 450 g/mol. The van der Waals surface area contributed by atoms with Crippen molar-refractivity contribution in [3.63, 3.8) is 0 Å². The molecule has 0 amide bonds. The van der Waals surface area contributed by atoms with E-state index >= 15 is 0 Å². The molecule has 0 aliphatic heterocycles. The van der Waals surface area contributed by atoms with Crippen LogP contribution in [0.4, 0.5) is 5.69 Å². The quantitative estimate of drug-likeness (QED) is 0.199. The minimum atomic E-state index is -3.82. The van der Waals surface area contributed by atoms with Crippen LogP contribution in [0.5, 0.6) is 0 Å². The van der Waals surface area contributed by atoms with Crippen molar-refractivity contribution in [2.24, 2.45) is 0 Å². The topological polar surface area (TPSA) is 85.6 Å². The van der Waals surface area contributed by atoms with Crippen molar-refractivity contribution in [2.45, 2.75) is 50.8 Å². The summed E-state index contributed by atoms with van der Waals surface area (Å²) in [6, 6.07) is 17.2. The fraction of sp³-hybridized carbons (Fsp3) is 0.296. The van der Waals surface area contributed by atoms with Gasteiger partial charge >= 0.3 is 5.97 Å². The summed E-state index contributed by atoms with van der Waals surface area (Å²) >= 11 is 0. The van der Waals surface area contributed by atoms with Crippen molar-refractivity contribution >= 4 is 43.4 Å². The zero-order valence-electron chi connectivity index (χ0n) is 19.5. The number of carbonyl (C=O) groups is 1. The van der Waals surface area contributed by atoms with Crippen LogP contribution in [0.3, 0.4) is 0 Å². The molecule has 0 aliphatic carbocycles. The molecule has 4 rings (SSSR count). The molecule has 0 saturated carbocycles. The predicted octanol–water partition coefficient (Wildman–Crippen LogP) is 6.82. The van der Waals surface area contributed by atoms with Gasteiger partial charge in [-0.2, -0.15) is 0 Å². The predicted molar refractivity (Wildman–Crippen MR) is 135 cm³/mol. The van der Waals surface area contributed by atoms with Crippen LogP contribution in [0.15, 0.2) is 70.0 Å². The molecule has 1 heterocycles. The molecule has 7 heteroatoms. The van der Waals surface area contributed by atoms with Gasteiger partial charge in [0.25, 0.3) is 10.0 Å². The van der Waals surface area contributed by atoms with Crippen LogP contribution in [-0.4, -0.2) is 21.0 Å². The largest absolute Gasteiger partial charge is 0.462 e. The lowest BCUT2D eigenvalue weighted by molar-refractivity contribution is 0.0497. The van der Waals surface area contributed by atoms with Crippen molar-refractivity contribution in [1.82, 2.24) is 0 Å². The number of anilines is 1. The third-order valence-corrected chi connectivity index (χ3v) is 7.24. The van der Waals surface area contributed by atoms with Gasteiger partial charge in [-0.25, -0.2) is 13.2 Å². The molecule has 4 aromatic rings. The molecule has 34 heavy (non-hydrogen) atoms. The Morgan fingerprint density at radius 1 is 0.912 bits per heavy atom. The summed E-state index contributed by atoms with van der Waals surface area (Å²) in [5, 5.41) is 1.92. The molecule has 0 saturated heterocycles. The average Bonchev–Trinajstić information content (AvgIpc) is 3.17. The number of unbranched alkanes of at least 4 members (excludes halogenated alkanes) is 4. The summed E-state index contributed by atoms with van der Waals surface area (Å²) in [4.78, 5) is 13.1. The summed E-state index contributed by atoms with van der Waals surface area (Å²) in [7, 11) is -3.82. The highest BCUT2D eigenvalue weighted by Gasteiger charge is 2.24. The van der Waals surface area contributed by atoms with Gasteiger partial charge in [0.15, 0.2) is 0 Å². The first-order valence-corrected chi connectivity index (χ1v) is 13.1. The van der Waals surface area contributed by atoms with Crippen LogP contribution in [-0.2, 0) is 14.8 Å². The maximum absolute atomic E-state index is 13.0. The molecule has 0 fully saturated rings. The fourth-order valence-electron chi connectivity index (χ4n) is 4.12. The Balaban J connectivity index is 1.71. The van der Waals surface area contributed by atoms with E-state index in [1.54, 1.807) is 31.2 Å². The molecule has 0 spiro atoms. The van der Waals surface area contributed by atoms with Crippen molar-refractivity contribution in [3.8, 4) is 0 Å². The number of fused-ring (bicyclic) bond motifs is 3. The second-order valence-corrected chi connectivity index (χ2v) is 10.0. The Bertz CT molecular complexity index is 1410. The van der Waals surface area contributed by atoms with Crippen LogP contribution < -0.4 is 4.72 Å². The first-order valence-electron chi connectivity index (χ1n) is 11.6. The molecule has 1 N–H and O–H groups in total. The number of furan rings is 1. The van der Waals surface area contributed by atoms with Gasteiger partial charge in [0.1, 0.15) is 16.9 Å². The Kier molecular flexibility index (Phi) is 7.22. The summed E-state index contributed by atoms with van der Waals surface area (Å²) in [5.41, 5.74) is 1.24. The first-order chi connectivity index (χ1) is 16.4. The zero-order valence-corrected chi connectivity index (χ0v) is 20.3. The fourth-order valence-corrected chi connectivity index (χ4v) is 5.21. The summed E-state index contributed by atoms with van der Waals surface area (Å²) < 4.78 is 40.3. The molecule has 6 nitrogen and oxygen atoms in total. The second kappa shape index (κ2) is 10.3. The molecule has 0 radical (unpaired) electrons. The van der Waals surface area contributed by atoms with Crippen LogP contribution in [0.25, 0.3) is 21.7 Å². The third kappa shape index (κ3) is 4.94. The monoisotopic (exact) mass is 479 g/mol. The number of nitrogens with one attached hydrogen (secondary N) is 1. The highest BCUT2D eigenvalue weighted by molar-refractivity contribution is 7.92. The number of sulfonamides is 1. The lowest BCUT2D eigenvalue weighted by atomic mass is 10.0. The summed E-state index contributed by atoms with van der Waals surface area (Å²) in [6.07, 6.45) is 5.28. The van der Waals surface area contributed by atoms with Crippen molar-refractivity contribution in [1.29, 1.82) is 0 Å². The van der Waals surface area contributed by atoms with E-state index in [4.69, 9.17) is 9.15 Å². The van der Waals surface area contributed by atoms with Crippen LogP contribution in [0.1, 0.15) is 55.1 Å². The van der Waals surface area contributed by atoms with Gasteiger partial charge in [0.2, 0.25) is 0 Å². The highest BCUT2D eigenvalue weighted by atomic mass is 32.2. The van der Waals surface area contributed by atoms with E-state index in [1.807, 2.05) is 24.3 Å². The highest BCUT2D eigenvalue weighted by Crippen LogP contribution is 2.37. The van der Waals surface area contributed by atoms with E-state index in [0.717, 1.165) is 25.7 Å². The van der Waals surface area contributed by atoms with Gasteiger partial charge in [-0.15, -0.1) is 0 Å². The van der Waals surface area contributed by atoms with Crippen LogP contribution in [0, 0.1) is 6.92 Å². The normalized spacial score (nSPS) is 11.7. The van der Waals surface area contributed by atoms with Gasteiger partial charge in [-0.3, -0.25) is 4.72 Å². The van der Waals surface area contributed by atoms with E-state index in [1.165, 1.54) is 18.6 Å². The maximum Gasteiger partial charge on any atom is 0.342 e. The molecule has 1 aromatic heterocycles. The maximum atomic E-state index is 13.0. The van der Waals surface area contributed by atoms with Crippen molar-refractivity contribution in [2.75, 3.05) is 11.3 Å². The Morgan fingerprint density at radius 2 is 1.59 bits per heavy atom. The Morgan fingerprint density at radius 3 is 2.32 bits per heavy atom. The number of carbonyl (C=O) groups excluding carboxylic acids is 1. The zero-order chi connectivity index (χ0) is 24.1. The third-order valence-electron chi connectivity index (χ3n) is 5.85. The number of hydrogen-bond acceptors (Lipinski definition) is 5. The van der Waals surface area contributed by atoms with Crippen molar-refractivity contribution < 1.29 is 22.4 Å². The number of ether oxygens (including phenoxy) is 1.